The molecule has 5 heteroatoms. The summed E-state index contributed by atoms with van der Waals surface area (Å²) < 4.78 is 0. The van der Waals surface area contributed by atoms with Crippen molar-refractivity contribution in [2.45, 2.75) is 25.6 Å². The Kier molecular flexibility index (Phi) is 6.23. The van der Waals surface area contributed by atoms with Crippen molar-refractivity contribution < 1.29 is 10.2 Å². The fourth-order valence-corrected chi connectivity index (χ4v) is 1.85. The van der Waals surface area contributed by atoms with E-state index in [2.05, 4.69) is 5.32 Å². The van der Waals surface area contributed by atoms with Gasteiger partial charge < -0.3 is 15.5 Å². The molecule has 0 radical (unpaired) electrons. The second kappa shape index (κ2) is 7.19. The van der Waals surface area contributed by atoms with Gasteiger partial charge in [-0.25, -0.2) is 0 Å². The summed E-state index contributed by atoms with van der Waals surface area (Å²) in [4.78, 5) is 0. The molecule has 0 bridgehead atoms. The van der Waals surface area contributed by atoms with Crippen LogP contribution in [0.4, 0.5) is 0 Å². The number of aliphatic hydroxyl groups is 2. The Bertz CT molecular complexity index is 358. The monoisotopic (exact) mass is 277 g/mol. The Hall–Kier alpha value is -0.320. The van der Waals surface area contributed by atoms with Gasteiger partial charge in [0.05, 0.1) is 12.2 Å². The van der Waals surface area contributed by atoms with E-state index in [0.717, 1.165) is 0 Å². The Balaban J connectivity index is 2.46. The minimum Gasteiger partial charge on any atom is -0.393 e. The number of aliphatic hydroxyl groups excluding tert-OH is 2. The van der Waals surface area contributed by atoms with Crippen molar-refractivity contribution in [3.05, 3.63) is 33.8 Å². The highest BCUT2D eigenvalue weighted by atomic mass is 35.5. The van der Waals surface area contributed by atoms with Crippen LogP contribution in [-0.2, 0) is 0 Å². The van der Waals surface area contributed by atoms with E-state index in [-0.39, 0.29) is 6.10 Å². The first kappa shape index (κ1) is 14.7. The van der Waals surface area contributed by atoms with Crippen LogP contribution in [-0.4, -0.2) is 29.4 Å². The maximum absolute atomic E-state index is 9.92. The molecule has 0 saturated heterocycles. The van der Waals surface area contributed by atoms with Gasteiger partial charge in [0.2, 0.25) is 0 Å². The second-order valence-electron chi connectivity index (χ2n) is 4.02. The van der Waals surface area contributed by atoms with Crippen molar-refractivity contribution in [2.75, 3.05) is 13.1 Å². The standard InChI is InChI=1S/C12H17Cl2NO2/c1-8(16)4-5-15-7-12(17)10-6-9(13)2-3-11(10)14/h2-3,6,8,12,15-17H,4-5,7H2,1H3. The molecule has 0 aromatic heterocycles. The lowest BCUT2D eigenvalue weighted by molar-refractivity contribution is 0.162. The lowest BCUT2D eigenvalue weighted by Crippen LogP contribution is -2.24. The molecule has 0 aliphatic rings. The molecule has 0 heterocycles. The fourth-order valence-electron chi connectivity index (χ4n) is 1.43. The molecule has 0 fully saturated rings. The van der Waals surface area contributed by atoms with Gasteiger partial charge in [-0.3, -0.25) is 0 Å². The number of hydrogen-bond acceptors (Lipinski definition) is 3. The summed E-state index contributed by atoms with van der Waals surface area (Å²) in [6.07, 6.45) is -0.389. The molecule has 2 atom stereocenters. The van der Waals surface area contributed by atoms with Gasteiger partial charge in [0.25, 0.3) is 0 Å². The summed E-state index contributed by atoms with van der Waals surface area (Å²) in [5.41, 5.74) is 0.615. The summed E-state index contributed by atoms with van der Waals surface area (Å²) in [5, 5.41) is 23.1. The summed E-state index contributed by atoms with van der Waals surface area (Å²) in [5.74, 6) is 0. The third-order valence-electron chi connectivity index (χ3n) is 2.39. The van der Waals surface area contributed by atoms with E-state index in [1.807, 2.05) is 0 Å². The molecule has 96 valence electrons. The first-order valence-corrected chi connectivity index (χ1v) is 6.28. The molecule has 2 unspecified atom stereocenters. The molecule has 0 aliphatic carbocycles. The summed E-state index contributed by atoms with van der Waals surface area (Å²) in [6, 6.07) is 5.00. The molecule has 0 spiro atoms. The van der Waals surface area contributed by atoms with Gasteiger partial charge >= 0.3 is 0 Å². The number of nitrogens with one attached hydrogen (secondary N) is 1. The Morgan fingerprint density at radius 1 is 1.29 bits per heavy atom. The van der Waals surface area contributed by atoms with Crippen molar-refractivity contribution in [1.29, 1.82) is 0 Å². The predicted octanol–water partition coefficient (Wildman–Crippen LogP) is 2.39. The molecule has 1 rings (SSSR count). The third kappa shape index (κ3) is 5.23. The SMILES string of the molecule is CC(O)CCNCC(O)c1cc(Cl)ccc1Cl. The van der Waals surface area contributed by atoms with Crippen LogP contribution < -0.4 is 5.32 Å². The lowest BCUT2D eigenvalue weighted by Gasteiger charge is -2.14. The van der Waals surface area contributed by atoms with Gasteiger partial charge in [-0.2, -0.15) is 0 Å². The van der Waals surface area contributed by atoms with Crippen LogP contribution in [0.5, 0.6) is 0 Å². The van der Waals surface area contributed by atoms with Crippen molar-refractivity contribution in [2.24, 2.45) is 0 Å². The second-order valence-corrected chi connectivity index (χ2v) is 4.87. The van der Waals surface area contributed by atoms with Gasteiger partial charge in [-0.05, 0) is 38.1 Å². The summed E-state index contributed by atoms with van der Waals surface area (Å²) in [7, 11) is 0. The van der Waals surface area contributed by atoms with Crippen LogP contribution in [0.1, 0.15) is 25.0 Å². The summed E-state index contributed by atoms with van der Waals surface area (Å²) in [6.45, 7) is 2.76. The van der Waals surface area contributed by atoms with E-state index >= 15 is 0 Å². The molecular weight excluding hydrogens is 261 g/mol. The largest absolute Gasteiger partial charge is 0.393 e. The molecule has 1 aromatic rings. The molecule has 0 saturated carbocycles. The zero-order valence-corrected chi connectivity index (χ0v) is 11.2. The molecule has 17 heavy (non-hydrogen) atoms. The lowest BCUT2D eigenvalue weighted by atomic mass is 10.1. The maximum atomic E-state index is 9.92. The Morgan fingerprint density at radius 3 is 2.65 bits per heavy atom. The number of hydrogen-bond donors (Lipinski definition) is 3. The molecule has 0 amide bonds. The first-order valence-electron chi connectivity index (χ1n) is 5.52. The Morgan fingerprint density at radius 2 is 2.00 bits per heavy atom. The molecular formula is C12H17Cl2NO2. The highest BCUT2D eigenvalue weighted by Crippen LogP contribution is 2.25. The topological polar surface area (TPSA) is 52.5 Å². The zero-order chi connectivity index (χ0) is 12.8. The molecule has 3 nitrogen and oxygen atoms in total. The van der Waals surface area contributed by atoms with Crippen LogP contribution in [0.2, 0.25) is 10.0 Å². The van der Waals surface area contributed by atoms with Crippen molar-refractivity contribution in [1.82, 2.24) is 5.32 Å². The third-order valence-corrected chi connectivity index (χ3v) is 2.97. The van der Waals surface area contributed by atoms with Crippen molar-refractivity contribution in [3.63, 3.8) is 0 Å². The minimum atomic E-state index is -0.699. The van der Waals surface area contributed by atoms with Crippen LogP contribution >= 0.6 is 23.2 Å². The number of halogens is 2. The zero-order valence-electron chi connectivity index (χ0n) is 9.66. The molecule has 0 aliphatic heterocycles. The van der Waals surface area contributed by atoms with Gasteiger partial charge in [0.1, 0.15) is 0 Å². The van der Waals surface area contributed by atoms with Crippen molar-refractivity contribution in [3.8, 4) is 0 Å². The van der Waals surface area contributed by atoms with Crippen LogP contribution in [0.3, 0.4) is 0 Å². The van der Waals surface area contributed by atoms with Gasteiger partial charge in [0.15, 0.2) is 0 Å². The van der Waals surface area contributed by atoms with E-state index in [1.165, 1.54) is 0 Å². The van der Waals surface area contributed by atoms with Crippen LogP contribution in [0.15, 0.2) is 18.2 Å². The van der Waals surface area contributed by atoms with Gasteiger partial charge in [-0.1, -0.05) is 23.2 Å². The molecule has 3 N–H and O–H groups in total. The van der Waals surface area contributed by atoms with Gasteiger partial charge in [0, 0.05) is 22.2 Å². The highest BCUT2D eigenvalue weighted by molar-refractivity contribution is 6.33. The predicted molar refractivity (Wildman–Crippen MR) is 70.6 cm³/mol. The highest BCUT2D eigenvalue weighted by Gasteiger charge is 2.11. The van der Waals surface area contributed by atoms with E-state index in [4.69, 9.17) is 28.3 Å². The van der Waals surface area contributed by atoms with E-state index in [1.54, 1.807) is 25.1 Å². The summed E-state index contributed by atoms with van der Waals surface area (Å²) >= 11 is 11.8. The van der Waals surface area contributed by atoms with E-state index in [0.29, 0.717) is 35.1 Å². The van der Waals surface area contributed by atoms with Crippen LogP contribution in [0.25, 0.3) is 0 Å². The first-order chi connectivity index (χ1) is 8.00. The fraction of sp³-hybridized carbons (Fsp3) is 0.500. The maximum Gasteiger partial charge on any atom is 0.0929 e. The van der Waals surface area contributed by atoms with E-state index in [9.17, 15) is 5.11 Å². The van der Waals surface area contributed by atoms with Crippen LogP contribution in [0, 0.1) is 0 Å². The Labute approximate surface area is 111 Å². The smallest absolute Gasteiger partial charge is 0.0929 e. The quantitative estimate of drug-likeness (QED) is 0.700. The minimum absolute atomic E-state index is 0.339. The average molecular weight is 278 g/mol. The van der Waals surface area contributed by atoms with Crippen molar-refractivity contribution >= 4 is 23.2 Å². The van der Waals surface area contributed by atoms with Gasteiger partial charge in [-0.15, -0.1) is 0 Å². The number of rotatable bonds is 6. The number of benzene rings is 1. The van der Waals surface area contributed by atoms with E-state index < -0.39 is 6.10 Å². The average Bonchev–Trinajstić information content (AvgIpc) is 2.27. The normalized spacial score (nSPS) is 14.6. The molecule has 1 aromatic carbocycles.